The Morgan fingerprint density at radius 1 is 1.21 bits per heavy atom. The summed E-state index contributed by atoms with van der Waals surface area (Å²) in [7, 11) is 2.39. The molecule has 3 nitrogen and oxygen atoms in total. The van der Waals surface area contributed by atoms with Gasteiger partial charge in [-0.3, -0.25) is 4.90 Å². The van der Waals surface area contributed by atoms with E-state index >= 15 is 0 Å². The highest BCUT2D eigenvalue weighted by Gasteiger charge is 2.40. The highest BCUT2D eigenvalue weighted by Crippen LogP contribution is 2.21. The molecule has 0 aliphatic carbocycles. The second kappa shape index (κ2) is 3.80. The van der Waals surface area contributed by atoms with Crippen LogP contribution in [0.15, 0.2) is 0 Å². The molecule has 82 valence electrons. The van der Waals surface area contributed by atoms with Crippen LogP contribution in [-0.2, 0) is 4.74 Å². The van der Waals surface area contributed by atoms with Crippen molar-refractivity contribution in [2.75, 3.05) is 46.4 Å². The van der Waals surface area contributed by atoms with Crippen molar-refractivity contribution in [2.45, 2.75) is 25.9 Å². The van der Waals surface area contributed by atoms with Crippen LogP contribution < -0.4 is 0 Å². The van der Waals surface area contributed by atoms with Gasteiger partial charge in [0.25, 0.3) is 0 Å². The van der Waals surface area contributed by atoms with Gasteiger partial charge in [0.2, 0.25) is 0 Å². The van der Waals surface area contributed by atoms with E-state index in [4.69, 9.17) is 4.74 Å². The number of ether oxygens (including phenoxy) is 1. The number of quaternary nitrogens is 1. The average Bonchev–Trinajstić information content (AvgIpc) is 2.00. The molecule has 0 aromatic heterocycles. The molecule has 0 N–H and O–H groups in total. The van der Waals surface area contributed by atoms with Gasteiger partial charge in [-0.05, 0) is 13.8 Å². The molecule has 2 heterocycles. The van der Waals surface area contributed by atoms with Crippen LogP contribution in [0.4, 0.5) is 0 Å². The van der Waals surface area contributed by atoms with E-state index in [2.05, 4.69) is 25.8 Å². The summed E-state index contributed by atoms with van der Waals surface area (Å²) in [6, 6.07) is 1.49. The van der Waals surface area contributed by atoms with Gasteiger partial charge in [-0.25, -0.2) is 0 Å². The van der Waals surface area contributed by atoms with Gasteiger partial charge in [0.1, 0.15) is 19.3 Å². The molecule has 2 aliphatic heterocycles. The predicted octanol–water partition coefficient (Wildman–Crippen LogP) is 0.556. The highest BCUT2D eigenvalue weighted by atomic mass is 16.5. The number of hydrogen-bond acceptors (Lipinski definition) is 2. The van der Waals surface area contributed by atoms with Gasteiger partial charge >= 0.3 is 0 Å². The first-order valence-corrected chi connectivity index (χ1v) is 5.78. The molecule has 2 saturated heterocycles. The van der Waals surface area contributed by atoms with Crippen LogP contribution in [0.5, 0.6) is 0 Å². The minimum atomic E-state index is 0.710. The van der Waals surface area contributed by atoms with Crippen LogP contribution in [0.25, 0.3) is 0 Å². The fourth-order valence-electron chi connectivity index (χ4n) is 2.40. The van der Waals surface area contributed by atoms with Crippen molar-refractivity contribution < 1.29 is 9.22 Å². The Morgan fingerprint density at radius 2 is 1.79 bits per heavy atom. The Balaban J connectivity index is 1.87. The smallest absolute Gasteiger partial charge is 0.136 e. The van der Waals surface area contributed by atoms with Crippen LogP contribution in [0.3, 0.4) is 0 Å². The molecular weight excluding hydrogens is 176 g/mol. The highest BCUT2D eigenvalue weighted by molar-refractivity contribution is 4.73. The van der Waals surface area contributed by atoms with Crippen molar-refractivity contribution in [3.05, 3.63) is 0 Å². The molecule has 0 spiro atoms. The molecule has 0 bridgehead atoms. The number of rotatable bonds is 2. The third kappa shape index (κ3) is 1.81. The zero-order valence-electron chi connectivity index (χ0n) is 9.70. The molecule has 2 aliphatic rings. The Labute approximate surface area is 87.2 Å². The fraction of sp³-hybridized carbons (Fsp3) is 1.00. The van der Waals surface area contributed by atoms with E-state index < -0.39 is 0 Å². The molecule has 2 rings (SSSR count). The zero-order valence-corrected chi connectivity index (χ0v) is 9.70. The van der Waals surface area contributed by atoms with Gasteiger partial charge in [-0.2, -0.15) is 0 Å². The summed E-state index contributed by atoms with van der Waals surface area (Å²) in [5.74, 6) is 0. The number of piperazine rings is 1. The predicted molar refractivity (Wildman–Crippen MR) is 57.2 cm³/mol. The minimum Gasteiger partial charge on any atom is -0.369 e. The second-order valence-electron chi connectivity index (χ2n) is 5.25. The van der Waals surface area contributed by atoms with Crippen LogP contribution in [0.1, 0.15) is 13.8 Å². The molecule has 14 heavy (non-hydrogen) atoms. The van der Waals surface area contributed by atoms with Crippen molar-refractivity contribution in [3.8, 4) is 0 Å². The van der Waals surface area contributed by atoms with Crippen molar-refractivity contribution in [3.63, 3.8) is 0 Å². The maximum Gasteiger partial charge on any atom is 0.136 e. The first-order chi connectivity index (χ1) is 6.62. The van der Waals surface area contributed by atoms with Crippen LogP contribution in [0, 0.1) is 0 Å². The number of hydrogen-bond donors (Lipinski definition) is 0. The van der Waals surface area contributed by atoms with Crippen molar-refractivity contribution >= 4 is 0 Å². The summed E-state index contributed by atoms with van der Waals surface area (Å²) in [6.45, 7) is 11.7. The third-order valence-corrected chi connectivity index (χ3v) is 4.03. The normalized spacial score (nSPS) is 29.1. The monoisotopic (exact) mass is 199 g/mol. The molecule has 0 atom stereocenters. The molecule has 0 aromatic carbocycles. The quantitative estimate of drug-likeness (QED) is 0.602. The minimum absolute atomic E-state index is 0.710. The summed E-state index contributed by atoms with van der Waals surface area (Å²) in [5.41, 5.74) is 0. The lowest BCUT2D eigenvalue weighted by Gasteiger charge is -2.50. The maximum absolute atomic E-state index is 5.30. The van der Waals surface area contributed by atoms with Gasteiger partial charge in [-0.1, -0.05) is 0 Å². The summed E-state index contributed by atoms with van der Waals surface area (Å²) in [5, 5.41) is 0. The lowest BCUT2D eigenvalue weighted by Crippen LogP contribution is -2.67. The summed E-state index contributed by atoms with van der Waals surface area (Å²) in [4.78, 5) is 2.58. The van der Waals surface area contributed by atoms with E-state index in [1.807, 2.05) is 0 Å². The van der Waals surface area contributed by atoms with Crippen molar-refractivity contribution in [2.24, 2.45) is 0 Å². The van der Waals surface area contributed by atoms with Gasteiger partial charge in [0, 0.05) is 19.1 Å². The standard InChI is InChI=1S/C11H23N2O/c1-10(2)12-4-6-13(3,7-5-12)11-8-14-9-11/h10-11H,4-9H2,1-3H3/q+1. The van der Waals surface area contributed by atoms with E-state index in [0.29, 0.717) is 6.04 Å². The van der Waals surface area contributed by atoms with E-state index in [9.17, 15) is 0 Å². The molecule has 0 radical (unpaired) electrons. The Morgan fingerprint density at radius 3 is 2.14 bits per heavy atom. The second-order valence-corrected chi connectivity index (χ2v) is 5.25. The van der Waals surface area contributed by atoms with Gasteiger partial charge < -0.3 is 9.22 Å². The lowest BCUT2D eigenvalue weighted by atomic mass is 10.1. The molecular formula is C11H23N2O+. The molecule has 0 unspecified atom stereocenters. The maximum atomic E-state index is 5.30. The van der Waals surface area contributed by atoms with E-state index in [1.165, 1.54) is 30.7 Å². The largest absolute Gasteiger partial charge is 0.369 e. The first-order valence-electron chi connectivity index (χ1n) is 5.78. The number of nitrogens with zero attached hydrogens (tertiary/aromatic N) is 2. The number of likely N-dealkylation sites (N-methyl/N-ethyl adjacent to an activating group) is 1. The van der Waals surface area contributed by atoms with E-state index in [-0.39, 0.29) is 0 Å². The SMILES string of the molecule is CC(C)N1CC[N+](C)(C2COC2)CC1. The summed E-state index contributed by atoms with van der Waals surface area (Å²) in [6.07, 6.45) is 0. The lowest BCUT2D eigenvalue weighted by molar-refractivity contribution is -0.945. The molecule has 0 amide bonds. The van der Waals surface area contributed by atoms with Gasteiger partial charge in [-0.15, -0.1) is 0 Å². The Bertz CT molecular complexity index is 193. The van der Waals surface area contributed by atoms with E-state index in [0.717, 1.165) is 19.3 Å². The Hall–Kier alpha value is -0.120. The summed E-state index contributed by atoms with van der Waals surface area (Å²) >= 11 is 0. The van der Waals surface area contributed by atoms with Crippen LogP contribution in [-0.4, -0.2) is 67.9 Å². The van der Waals surface area contributed by atoms with Gasteiger partial charge in [0.05, 0.1) is 20.1 Å². The zero-order chi connectivity index (χ0) is 10.2. The molecule has 0 aromatic rings. The first kappa shape index (κ1) is 10.4. The average molecular weight is 199 g/mol. The van der Waals surface area contributed by atoms with Crippen LogP contribution in [0.2, 0.25) is 0 Å². The van der Waals surface area contributed by atoms with Crippen molar-refractivity contribution in [1.29, 1.82) is 0 Å². The topological polar surface area (TPSA) is 12.5 Å². The fourth-order valence-corrected chi connectivity index (χ4v) is 2.40. The Kier molecular flexibility index (Phi) is 2.82. The molecule has 3 heteroatoms. The molecule has 0 saturated carbocycles. The third-order valence-electron chi connectivity index (χ3n) is 4.03. The van der Waals surface area contributed by atoms with E-state index in [1.54, 1.807) is 0 Å². The summed E-state index contributed by atoms with van der Waals surface area (Å²) < 4.78 is 6.54. The van der Waals surface area contributed by atoms with Crippen LogP contribution >= 0.6 is 0 Å². The molecule has 2 fully saturated rings. The van der Waals surface area contributed by atoms with Gasteiger partial charge in [0.15, 0.2) is 0 Å². The van der Waals surface area contributed by atoms with Crippen molar-refractivity contribution in [1.82, 2.24) is 4.90 Å².